The van der Waals surface area contributed by atoms with Gasteiger partial charge in [0.15, 0.2) is 0 Å². The molecule has 0 fully saturated rings. The minimum atomic E-state index is 1.01. The average molecular weight is 262 g/mol. The molecule has 0 aliphatic rings. The molecule has 100 valence electrons. The van der Waals surface area contributed by atoms with Gasteiger partial charge >= 0.3 is 0 Å². The monoisotopic (exact) mass is 262 g/mol. The molecule has 0 unspecified atom stereocenters. The van der Waals surface area contributed by atoms with Crippen LogP contribution in [0.5, 0.6) is 0 Å². The Morgan fingerprint density at radius 2 is 1.65 bits per heavy atom. The van der Waals surface area contributed by atoms with Gasteiger partial charge in [0.1, 0.15) is 0 Å². The fourth-order valence-electron chi connectivity index (χ4n) is 2.63. The fourth-order valence-corrected chi connectivity index (χ4v) is 2.63. The smallest absolute Gasteiger partial charge is 0.0635 e. The van der Waals surface area contributed by atoms with Crippen LogP contribution < -0.4 is 0 Å². The van der Waals surface area contributed by atoms with E-state index < -0.39 is 0 Å². The minimum Gasteiger partial charge on any atom is -0.358 e. The first-order valence-electron chi connectivity index (χ1n) is 6.83. The molecule has 0 radical (unpaired) electrons. The Bertz CT molecular complexity index is 774. The number of benzene rings is 2. The molecule has 2 aromatic carbocycles. The van der Waals surface area contributed by atoms with Crippen molar-refractivity contribution in [3.05, 3.63) is 64.8 Å². The molecule has 3 aromatic rings. The Kier molecular flexibility index (Phi) is 3.15. The predicted octanol–water partition coefficient (Wildman–Crippen LogP) is 4.84. The number of fused-ring (bicyclic) bond motifs is 1. The second kappa shape index (κ2) is 4.97. The van der Waals surface area contributed by atoms with Crippen LogP contribution in [0.25, 0.3) is 10.9 Å². The standard InChI is InChI=1S/C18H18N2/c1-12-8-13(2)10-15(9-12)19-11-17-14(3)20-18-7-5-4-6-16(17)18/h4-11,20H,1-3H3. The van der Waals surface area contributed by atoms with Gasteiger partial charge in [-0.3, -0.25) is 4.99 Å². The Hall–Kier alpha value is -2.35. The lowest BCUT2D eigenvalue weighted by atomic mass is 10.1. The maximum Gasteiger partial charge on any atom is 0.0635 e. The molecule has 0 saturated heterocycles. The molecule has 0 spiro atoms. The zero-order valence-electron chi connectivity index (χ0n) is 12.1. The van der Waals surface area contributed by atoms with E-state index in [2.05, 4.69) is 67.1 Å². The molecular weight excluding hydrogens is 244 g/mol. The number of aryl methyl sites for hydroxylation is 3. The molecule has 3 rings (SSSR count). The number of H-pyrrole nitrogens is 1. The summed E-state index contributed by atoms with van der Waals surface area (Å²) in [5.74, 6) is 0. The minimum absolute atomic E-state index is 1.01. The lowest BCUT2D eigenvalue weighted by molar-refractivity contribution is 1.29. The summed E-state index contributed by atoms with van der Waals surface area (Å²) in [6, 6.07) is 14.7. The molecule has 20 heavy (non-hydrogen) atoms. The normalized spacial score (nSPS) is 11.6. The molecule has 0 saturated carbocycles. The summed E-state index contributed by atoms with van der Waals surface area (Å²) in [5.41, 5.74) is 6.97. The number of nitrogens with one attached hydrogen (secondary N) is 1. The summed E-state index contributed by atoms with van der Waals surface area (Å²) in [6.07, 6.45) is 1.96. The SMILES string of the molecule is Cc1cc(C)cc(N=Cc2c(C)[nH]c3ccccc23)c1. The average Bonchev–Trinajstić information content (AvgIpc) is 2.71. The predicted molar refractivity (Wildman–Crippen MR) is 86.2 cm³/mol. The van der Waals surface area contributed by atoms with Gasteiger partial charge < -0.3 is 4.98 Å². The number of para-hydroxylation sites is 1. The Labute approximate surface area is 119 Å². The van der Waals surface area contributed by atoms with Crippen molar-refractivity contribution in [3.8, 4) is 0 Å². The first-order valence-corrected chi connectivity index (χ1v) is 6.83. The Morgan fingerprint density at radius 3 is 2.40 bits per heavy atom. The van der Waals surface area contributed by atoms with Crippen molar-refractivity contribution in [1.29, 1.82) is 0 Å². The Balaban J connectivity index is 2.04. The van der Waals surface area contributed by atoms with Gasteiger partial charge in [-0.1, -0.05) is 24.3 Å². The third-order valence-electron chi connectivity index (χ3n) is 3.49. The van der Waals surface area contributed by atoms with Crippen LogP contribution in [0.15, 0.2) is 47.5 Å². The molecule has 1 N–H and O–H groups in total. The number of hydrogen-bond donors (Lipinski definition) is 1. The van der Waals surface area contributed by atoms with Crippen LogP contribution in [0.3, 0.4) is 0 Å². The molecule has 2 nitrogen and oxygen atoms in total. The van der Waals surface area contributed by atoms with Gasteiger partial charge in [0.05, 0.1) is 5.69 Å². The van der Waals surface area contributed by atoms with Gasteiger partial charge in [0, 0.05) is 28.4 Å². The van der Waals surface area contributed by atoms with Crippen molar-refractivity contribution in [2.24, 2.45) is 4.99 Å². The highest BCUT2D eigenvalue weighted by molar-refractivity contribution is 6.01. The van der Waals surface area contributed by atoms with Crippen molar-refractivity contribution < 1.29 is 0 Å². The first-order chi connectivity index (χ1) is 9.63. The summed E-state index contributed by atoms with van der Waals surface area (Å²) >= 11 is 0. The highest BCUT2D eigenvalue weighted by Crippen LogP contribution is 2.22. The van der Waals surface area contributed by atoms with Gasteiger partial charge in [0.25, 0.3) is 0 Å². The molecule has 0 bridgehead atoms. The molecule has 1 heterocycles. The van der Waals surface area contributed by atoms with Crippen LogP contribution in [-0.2, 0) is 0 Å². The number of rotatable bonds is 2. The van der Waals surface area contributed by atoms with E-state index in [9.17, 15) is 0 Å². The summed E-state index contributed by atoms with van der Waals surface area (Å²) < 4.78 is 0. The molecule has 0 aliphatic carbocycles. The van der Waals surface area contributed by atoms with Gasteiger partial charge in [-0.25, -0.2) is 0 Å². The zero-order chi connectivity index (χ0) is 14.1. The van der Waals surface area contributed by atoms with Gasteiger partial charge in [0.2, 0.25) is 0 Å². The summed E-state index contributed by atoms with van der Waals surface area (Å²) in [7, 11) is 0. The fraction of sp³-hybridized carbons (Fsp3) is 0.167. The van der Waals surface area contributed by atoms with E-state index in [1.165, 1.54) is 22.1 Å². The number of aliphatic imine (C=N–C) groups is 1. The third kappa shape index (κ3) is 2.37. The second-order valence-electron chi connectivity index (χ2n) is 5.31. The van der Waals surface area contributed by atoms with Gasteiger partial charge in [-0.05, 0) is 50.1 Å². The molecule has 1 aromatic heterocycles. The maximum atomic E-state index is 4.64. The number of hydrogen-bond acceptors (Lipinski definition) is 1. The number of nitrogens with zero attached hydrogens (tertiary/aromatic N) is 1. The van der Waals surface area contributed by atoms with E-state index in [0.29, 0.717) is 0 Å². The summed E-state index contributed by atoms with van der Waals surface area (Å²) in [4.78, 5) is 8.03. The largest absolute Gasteiger partial charge is 0.358 e. The maximum absolute atomic E-state index is 4.64. The van der Waals surface area contributed by atoms with Crippen LogP contribution in [-0.4, -0.2) is 11.2 Å². The number of aromatic nitrogens is 1. The first kappa shape index (κ1) is 12.7. The molecule has 2 heteroatoms. The van der Waals surface area contributed by atoms with Crippen LogP contribution >= 0.6 is 0 Å². The molecule has 0 amide bonds. The second-order valence-corrected chi connectivity index (χ2v) is 5.31. The summed E-state index contributed by atoms with van der Waals surface area (Å²) in [5, 5.41) is 1.22. The van der Waals surface area contributed by atoms with Crippen LogP contribution in [0.4, 0.5) is 5.69 Å². The highest BCUT2D eigenvalue weighted by atomic mass is 14.7. The molecule has 0 aliphatic heterocycles. The van der Waals surface area contributed by atoms with Crippen LogP contribution in [0, 0.1) is 20.8 Å². The zero-order valence-corrected chi connectivity index (χ0v) is 12.1. The number of aromatic amines is 1. The van der Waals surface area contributed by atoms with Gasteiger partial charge in [-0.15, -0.1) is 0 Å². The summed E-state index contributed by atoms with van der Waals surface area (Å²) in [6.45, 7) is 6.29. The molecular formula is C18H18N2. The lowest BCUT2D eigenvalue weighted by Gasteiger charge is -1.99. The van der Waals surface area contributed by atoms with Gasteiger partial charge in [-0.2, -0.15) is 0 Å². The third-order valence-corrected chi connectivity index (χ3v) is 3.49. The lowest BCUT2D eigenvalue weighted by Crippen LogP contribution is -1.83. The molecule has 0 atom stereocenters. The van der Waals surface area contributed by atoms with E-state index in [1.54, 1.807) is 0 Å². The highest BCUT2D eigenvalue weighted by Gasteiger charge is 2.05. The van der Waals surface area contributed by atoms with Crippen molar-refractivity contribution in [2.45, 2.75) is 20.8 Å². The van der Waals surface area contributed by atoms with Crippen molar-refractivity contribution in [3.63, 3.8) is 0 Å². The van der Waals surface area contributed by atoms with E-state index in [1.807, 2.05) is 12.3 Å². The van der Waals surface area contributed by atoms with Crippen molar-refractivity contribution >= 4 is 22.8 Å². The van der Waals surface area contributed by atoms with Crippen molar-refractivity contribution in [1.82, 2.24) is 4.98 Å². The topological polar surface area (TPSA) is 28.1 Å². The Morgan fingerprint density at radius 1 is 0.950 bits per heavy atom. The van der Waals surface area contributed by atoms with E-state index in [-0.39, 0.29) is 0 Å². The van der Waals surface area contributed by atoms with Crippen LogP contribution in [0.1, 0.15) is 22.4 Å². The van der Waals surface area contributed by atoms with E-state index >= 15 is 0 Å². The van der Waals surface area contributed by atoms with E-state index in [4.69, 9.17) is 0 Å². The van der Waals surface area contributed by atoms with E-state index in [0.717, 1.165) is 16.9 Å². The van der Waals surface area contributed by atoms with Crippen molar-refractivity contribution in [2.75, 3.05) is 0 Å². The van der Waals surface area contributed by atoms with Crippen LogP contribution in [0.2, 0.25) is 0 Å². The quantitative estimate of drug-likeness (QED) is 0.640.